The highest BCUT2D eigenvalue weighted by Crippen LogP contribution is 2.39. The molecule has 0 saturated carbocycles. The van der Waals surface area contributed by atoms with Crippen molar-refractivity contribution in [2.24, 2.45) is 0 Å². The highest BCUT2D eigenvalue weighted by molar-refractivity contribution is 14.1. The molecule has 0 N–H and O–H groups in total. The van der Waals surface area contributed by atoms with Gasteiger partial charge in [-0.05, 0) is 19.4 Å². The van der Waals surface area contributed by atoms with E-state index in [1.54, 1.807) is 7.11 Å². The molecule has 2 aliphatic heterocycles. The number of benzene rings is 1. The second kappa shape index (κ2) is 7.33. The molecular formula is C17H23IO5. The molecule has 0 aliphatic carbocycles. The average Bonchev–Trinajstić information content (AvgIpc) is 2.88. The second-order valence-electron chi connectivity index (χ2n) is 6.26. The summed E-state index contributed by atoms with van der Waals surface area (Å²) in [7, 11) is 1.63. The van der Waals surface area contributed by atoms with Gasteiger partial charge in [-0.2, -0.15) is 0 Å². The summed E-state index contributed by atoms with van der Waals surface area (Å²) < 4.78 is 30.6. The van der Waals surface area contributed by atoms with Gasteiger partial charge < -0.3 is 23.7 Å². The summed E-state index contributed by atoms with van der Waals surface area (Å²) in [4.78, 5) is 0. The van der Waals surface area contributed by atoms with Crippen LogP contribution >= 0.6 is 22.6 Å². The smallest absolute Gasteiger partial charge is 0.186 e. The molecule has 5 nitrogen and oxygen atoms in total. The van der Waals surface area contributed by atoms with E-state index in [1.165, 1.54) is 0 Å². The summed E-state index contributed by atoms with van der Waals surface area (Å²) in [6, 6.07) is 10.1. The molecule has 128 valence electrons. The van der Waals surface area contributed by atoms with Crippen LogP contribution in [0, 0.1) is 0 Å². The first-order valence-electron chi connectivity index (χ1n) is 7.79. The summed E-state index contributed by atoms with van der Waals surface area (Å²) in [5, 5.41) is 0. The third kappa shape index (κ3) is 3.88. The zero-order chi connectivity index (χ0) is 16.4. The van der Waals surface area contributed by atoms with Crippen molar-refractivity contribution in [2.75, 3.05) is 11.5 Å². The molecule has 23 heavy (non-hydrogen) atoms. The van der Waals surface area contributed by atoms with Crippen molar-refractivity contribution in [1.29, 1.82) is 0 Å². The molecule has 3 rings (SSSR count). The van der Waals surface area contributed by atoms with Gasteiger partial charge in [0.25, 0.3) is 0 Å². The Balaban J connectivity index is 1.76. The number of alkyl halides is 1. The monoisotopic (exact) mass is 434 g/mol. The zero-order valence-corrected chi connectivity index (χ0v) is 15.8. The van der Waals surface area contributed by atoms with Crippen molar-refractivity contribution in [3.8, 4) is 0 Å². The third-order valence-electron chi connectivity index (χ3n) is 4.10. The highest BCUT2D eigenvalue weighted by atomic mass is 127. The van der Waals surface area contributed by atoms with Crippen LogP contribution in [0.3, 0.4) is 0 Å². The van der Waals surface area contributed by atoms with E-state index >= 15 is 0 Å². The largest absolute Gasteiger partial charge is 0.365 e. The van der Waals surface area contributed by atoms with Gasteiger partial charge in [0, 0.05) is 11.5 Å². The van der Waals surface area contributed by atoms with Gasteiger partial charge >= 0.3 is 0 Å². The molecular weight excluding hydrogens is 411 g/mol. The van der Waals surface area contributed by atoms with E-state index < -0.39 is 12.1 Å². The lowest BCUT2D eigenvalue weighted by molar-refractivity contribution is -0.277. The predicted octanol–water partition coefficient (Wildman–Crippen LogP) is 2.90. The van der Waals surface area contributed by atoms with Crippen molar-refractivity contribution < 1.29 is 23.7 Å². The van der Waals surface area contributed by atoms with Crippen LogP contribution in [0.15, 0.2) is 30.3 Å². The van der Waals surface area contributed by atoms with Crippen molar-refractivity contribution in [3.63, 3.8) is 0 Å². The molecule has 1 aromatic rings. The number of hydrogen-bond donors (Lipinski definition) is 0. The molecule has 2 saturated heterocycles. The van der Waals surface area contributed by atoms with E-state index in [0.717, 1.165) is 9.99 Å². The Morgan fingerprint density at radius 2 is 1.83 bits per heavy atom. The quantitative estimate of drug-likeness (QED) is 0.527. The second-order valence-corrected chi connectivity index (χ2v) is 7.14. The molecule has 1 aromatic carbocycles. The first kappa shape index (κ1) is 17.6. The van der Waals surface area contributed by atoms with Gasteiger partial charge in [0.05, 0.1) is 12.7 Å². The Morgan fingerprint density at radius 3 is 2.48 bits per heavy atom. The van der Waals surface area contributed by atoms with Crippen LogP contribution in [0.25, 0.3) is 0 Å². The highest BCUT2D eigenvalue weighted by Gasteiger charge is 2.55. The summed E-state index contributed by atoms with van der Waals surface area (Å²) >= 11 is 2.30. The molecule has 1 unspecified atom stereocenters. The summed E-state index contributed by atoms with van der Waals surface area (Å²) in [5.74, 6) is -0.639. The maximum absolute atomic E-state index is 6.12. The van der Waals surface area contributed by atoms with Crippen molar-refractivity contribution >= 4 is 22.6 Å². The fourth-order valence-electron chi connectivity index (χ4n) is 3.09. The van der Waals surface area contributed by atoms with E-state index in [4.69, 9.17) is 23.7 Å². The molecule has 0 spiro atoms. The van der Waals surface area contributed by atoms with Gasteiger partial charge in [-0.1, -0.05) is 52.9 Å². The van der Waals surface area contributed by atoms with Gasteiger partial charge in [0.1, 0.15) is 18.3 Å². The lowest BCUT2D eigenvalue weighted by Gasteiger charge is -2.40. The molecule has 0 aromatic heterocycles. The molecule has 6 heteroatoms. The van der Waals surface area contributed by atoms with Crippen LogP contribution < -0.4 is 0 Å². The normalized spacial score (nSPS) is 35.9. The molecule has 2 heterocycles. The molecule has 2 fully saturated rings. The Hall–Kier alpha value is -0.250. The minimum Gasteiger partial charge on any atom is -0.365 e. The first-order chi connectivity index (χ1) is 11.0. The summed E-state index contributed by atoms with van der Waals surface area (Å²) in [6.07, 6.45) is -1.20. The van der Waals surface area contributed by atoms with Crippen LogP contribution in [-0.2, 0) is 30.3 Å². The minimum atomic E-state index is -0.639. The molecule has 2 aliphatic rings. The van der Waals surface area contributed by atoms with Crippen molar-refractivity contribution in [1.82, 2.24) is 0 Å². The van der Waals surface area contributed by atoms with Gasteiger partial charge in [-0.15, -0.1) is 0 Å². The third-order valence-corrected chi connectivity index (χ3v) is 4.97. The number of methoxy groups -OCH3 is 1. The van der Waals surface area contributed by atoms with Gasteiger partial charge in [0.15, 0.2) is 12.1 Å². The fraction of sp³-hybridized carbons (Fsp3) is 0.647. The zero-order valence-electron chi connectivity index (χ0n) is 13.6. The number of ether oxygens (including phenoxy) is 5. The lowest BCUT2D eigenvalue weighted by atomic mass is 10.00. The van der Waals surface area contributed by atoms with Crippen LogP contribution in [0.2, 0.25) is 0 Å². The van der Waals surface area contributed by atoms with Gasteiger partial charge in [-0.3, -0.25) is 0 Å². The maximum atomic E-state index is 6.12. The van der Waals surface area contributed by atoms with E-state index in [1.807, 2.05) is 44.2 Å². The van der Waals surface area contributed by atoms with Crippen LogP contribution in [-0.4, -0.2) is 48.0 Å². The maximum Gasteiger partial charge on any atom is 0.186 e. The van der Waals surface area contributed by atoms with E-state index in [9.17, 15) is 0 Å². The van der Waals surface area contributed by atoms with E-state index in [-0.39, 0.29) is 24.4 Å². The van der Waals surface area contributed by atoms with Crippen LogP contribution in [0.1, 0.15) is 19.4 Å². The van der Waals surface area contributed by atoms with Crippen LogP contribution in [0.5, 0.6) is 0 Å². The predicted molar refractivity (Wildman–Crippen MR) is 93.4 cm³/mol. The standard InChI is InChI=1S/C17H23IO5/c1-17(2)22-13-12(9-18)21-16(19-3)15(14(13)23-17)20-10-11-7-5-4-6-8-11/h4-8,12-16H,9-10H2,1-3H3/t12-,13+,14+,15-,16?/m1/s1. The molecule has 0 amide bonds. The number of hydrogen-bond acceptors (Lipinski definition) is 5. The summed E-state index contributed by atoms with van der Waals surface area (Å²) in [6.45, 7) is 4.33. The Kier molecular flexibility index (Phi) is 5.60. The Bertz CT molecular complexity index is 509. The summed E-state index contributed by atoms with van der Waals surface area (Å²) in [5.41, 5.74) is 1.10. The van der Waals surface area contributed by atoms with E-state index in [0.29, 0.717) is 6.61 Å². The molecule has 0 bridgehead atoms. The average molecular weight is 434 g/mol. The first-order valence-corrected chi connectivity index (χ1v) is 9.32. The minimum absolute atomic E-state index is 0.0658. The molecule has 5 atom stereocenters. The number of fused-ring (bicyclic) bond motifs is 1. The molecule has 0 radical (unpaired) electrons. The Labute approximate surface area is 150 Å². The van der Waals surface area contributed by atoms with Crippen molar-refractivity contribution in [2.45, 2.75) is 56.9 Å². The number of rotatable bonds is 5. The topological polar surface area (TPSA) is 46.2 Å². The number of halogens is 1. The van der Waals surface area contributed by atoms with Crippen LogP contribution in [0.4, 0.5) is 0 Å². The van der Waals surface area contributed by atoms with Gasteiger partial charge in [-0.25, -0.2) is 0 Å². The van der Waals surface area contributed by atoms with Gasteiger partial charge in [0.2, 0.25) is 0 Å². The van der Waals surface area contributed by atoms with E-state index in [2.05, 4.69) is 22.6 Å². The van der Waals surface area contributed by atoms with Crippen molar-refractivity contribution in [3.05, 3.63) is 35.9 Å². The lowest BCUT2D eigenvalue weighted by Crippen LogP contribution is -2.58. The Morgan fingerprint density at radius 1 is 1.13 bits per heavy atom. The fourth-order valence-corrected chi connectivity index (χ4v) is 3.80. The SMILES string of the molecule is COC1O[C@H](CI)[C@@H]2OC(C)(C)O[C@@H]2[C@H]1OCc1ccccc1.